The highest BCUT2D eigenvalue weighted by molar-refractivity contribution is 5.94. The van der Waals surface area contributed by atoms with E-state index >= 15 is 0 Å². The molecule has 3 aliphatic rings. The number of fused-ring (bicyclic) bond motifs is 2. The largest absolute Gasteiger partial charge is 0.493 e. The summed E-state index contributed by atoms with van der Waals surface area (Å²) in [5.74, 6) is 2.03. The second-order valence-corrected chi connectivity index (χ2v) is 8.15. The first kappa shape index (κ1) is 19.7. The Balaban J connectivity index is 1.36. The lowest BCUT2D eigenvalue weighted by Gasteiger charge is -2.23. The number of esters is 1. The number of rotatable bonds is 7. The van der Waals surface area contributed by atoms with Crippen LogP contribution in [-0.4, -0.2) is 43.3 Å². The first-order valence-corrected chi connectivity index (χ1v) is 10.7. The Morgan fingerprint density at radius 1 is 1.06 bits per heavy atom. The molecule has 1 amide bonds. The second-order valence-electron chi connectivity index (χ2n) is 8.15. The van der Waals surface area contributed by atoms with Gasteiger partial charge in [-0.05, 0) is 60.7 Å². The standard InChI is InChI=1S/C24H25NO6/c1-2-28-24(27)19-11-18(19)13-25(12-15-3-5-21-22(9-15)31-14-30-21)23(26)17-4-6-20-16(10-17)7-8-29-20/h3-6,9-10,18-19H,2,7-8,11-14H2,1H3/t18-,19-/m1/s1. The summed E-state index contributed by atoms with van der Waals surface area (Å²) in [5.41, 5.74) is 2.65. The van der Waals surface area contributed by atoms with Crippen LogP contribution in [0.1, 0.15) is 34.8 Å². The van der Waals surface area contributed by atoms with Gasteiger partial charge in [-0.3, -0.25) is 9.59 Å². The Bertz CT molecular complexity index is 1020. The van der Waals surface area contributed by atoms with Gasteiger partial charge in [-0.2, -0.15) is 0 Å². The SMILES string of the molecule is CCOC(=O)[C@@H]1C[C@@H]1CN(Cc1ccc2c(c1)OCO2)C(=O)c1ccc2c(c1)CCO2. The summed E-state index contributed by atoms with van der Waals surface area (Å²) in [4.78, 5) is 27.4. The molecule has 31 heavy (non-hydrogen) atoms. The maximum Gasteiger partial charge on any atom is 0.309 e. The fourth-order valence-corrected chi connectivity index (χ4v) is 4.25. The zero-order valence-electron chi connectivity index (χ0n) is 17.5. The smallest absolute Gasteiger partial charge is 0.309 e. The molecular formula is C24H25NO6. The first-order valence-electron chi connectivity index (χ1n) is 10.7. The molecule has 2 heterocycles. The van der Waals surface area contributed by atoms with Gasteiger partial charge in [0.05, 0.1) is 19.1 Å². The minimum Gasteiger partial charge on any atom is -0.493 e. The van der Waals surface area contributed by atoms with Gasteiger partial charge in [0.25, 0.3) is 5.91 Å². The lowest BCUT2D eigenvalue weighted by atomic mass is 10.1. The Morgan fingerprint density at radius 3 is 2.77 bits per heavy atom. The van der Waals surface area contributed by atoms with Gasteiger partial charge in [0.2, 0.25) is 6.79 Å². The number of hydrogen-bond donors (Lipinski definition) is 0. The van der Waals surface area contributed by atoms with Crippen molar-refractivity contribution in [2.75, 3.05) is 26.6 Å². The van der Waals surface area contributed by atoms with Crippen LogP contribution in [0.2, 0.25) is 0 Å². The molecule has 2 atom stereocenters. The Kier molecular flexibility index (Phi) is 5.18. The first-order chi connectivity index (χ1) is 15.1. The lowest BCUT2D eigenvalue weighted by Crippen LogP contribution is -2.33. The topological polar surface area (TPSA) is 74.3 Å². The number of nitrogens with zero attached hydrogens (tertiary/aromatic N) is 1. The number of hydrogen-bond acceptors (Lipinski definition) is 6. The Morgan fingerprint density at radius 2 is 1.90 bits per heavy atom. The third-order valence-corrected chi connectivity index (χ3v) is 6.00. The van der Waals surface area contributed by atoms with Gasteiger partial charge in [-0.1, -0.05) is 6.07 Å². The van der Waals surface area contributed by atoms with Crippen LogP contribution in [-0.2, 0) is 22.5 Å². The van der Waals surface area contributed by atoms with Crippen LogP contribution < -0.4 is 14.2 Å². The molecule has 0 saturated heterocycles. The van der Waals surface area contributed by atoms with Crippen LogP contribution in [0.25, 0.3) is 0 Å². The van der Waals surface area contributed by atoms with Gasteiger partial charge in [-0.25, -0.2) is 0 Å². The average Bonchev–Trinajstić information content (AvgIpc) is 3.16. The van der Waals surface area contributed by atoms with Crippen molar-refractivity contribution in [3.8, 4) is 17.2 Å². The molecule has 0 aromatic heterocycles. The molecule has 7 heteroatoms. The van der Waals surface area contributed by atoms with E-state index in [1.54, 1.807) is 0 Å². The van der Waals surface area contributed by atoms with Crippen LogP contribution >= 0.6 is 0 Å². The number of carbonyl (C=O) groups excluding carboxylic acids is 2. The minimum atomic E-state index is -0.169. The zero-order valence-corrected chi connectivity index (χ0v) is 17.5. The molecule has 5 rings (SSSR count). The summed E-state index contributed by atoms with van der Waals surface area (Å²) < 4.78 is 21.6. The normalized spacial score (nSPS) is 20.0. The zero-order chi connectivity index (χ0) is 21.4. The van der Waals surface area contributed by atoms with Crippen molar-refractivity contribution in [3.05, 3.63) is 53.1 Å². The molecule has 1 saturated carbocycles. The molecule has 0 N–H and O–H groups in total. The van der Waals surface area contributed by atoms with Crippen LogP contribution in [0.5, 0.6) is 17.2 Å². The quantitative estimate of drug-likeness (QED) is 0.637. The van der Waals surface area contributed by atoms with E-state index in [2.05, 4.69) is 0 Å². The van der Waals surface area contributed by atoms with Gasteiger partial charge in [-0.15, -0.1) is 0 Å². The summed E-state index contributed by atoms with van der Waals surface area (Å²) >= 11 is 0. The molecule has 0 spiro atoms. The lowest BCUT2D eigenvalue weighted by molar-refractivity contribution is -0.145. The van der Waals surface area contributed by atoms with Crippen molar-refractivity contribution < 1.29 is 28.5 Å². The third kappa shape index (κ3) is 4.04. The van der Waals surface area contributed by atoms with Crippen LogP contribution in [0, 0.1) is 11.8 Å². The highest BCUT2D eigenvalue weighted by Crippen LogP contribution is 2.41. The minimum absolute atomic E-state index is 0.0538. The predicted molar refractivity (Wildman–Crippen MR) is 111 cm³/mol. The number of carbonyl (C=O) groups is 2. The maximum absolute atomic E-state index is 13.5. The molecule has 2 aromatic rings. The number of benzene rings is 2. The van der Waals surface area contributed by atoms with Crippen molar-refractivity contribution >= 4 is 11.9 Å². The predicted octanol–water partition coefficient (Wildman–Crippen LogP) is 3.19. The van der Waals surface area contributed by atoms with E-state index in [1.807, 2.05) is 48.2 Å². The van der Waals surface area contributed by atoms with Crippen molar-refractivity contribution in [2.24, 2.45) is 11.8 Å². The summed E-state index contributed by atoms with van der Waals surface area (Å²) in [6.07, 6.45) is 1.56. The summed E-state index contributed by atoms with van der Waals surface area (Å²) in [6.45, 7) is 3.97. The van der Waals surface area contributed by atoms with Crippen LogP contribution in [0.15, 0.2) is 36.4 Å². The second kappa shape index (κ2) is 8.13. The van der Waals surface area contributed by atoms with Gasteiger partial charge < -0.3 is 23.8 Å². The van der Waals surface area contributed by atoms with Crippen molar-refractivity contribution in [1.29, 1.82) is 0 Å². The molecule has 0 radical (unpaired) electrons. The van der Waals surface area contributed by atoms with Gasteiger partial charge in [0.1, 0.15) is 5.75 Å². The van der Waals surface area contributed by atoms with E-state index in [1.165, 1.54) is 0 Å². The van der Waals surface area contributed by atoms with E-state index in [-0.39, 0.29) is 30.5 Å². The van der Waals surface area contributed by atoms with E-state index in [0.717, 1.165) is 29.7 Å². The molecule has 0 bridgehead atoms. The van der Waals surface area contributed by atoms with Gasteiger partial charge >= 0.3 is 5.97 Å². The molecule has 162 valence electrons. The van der Waals surface area contributed by atoms with E-state index in [0.29, 0.717) is 43.4 Å². The van der Waals surface area contributed by atoms with Gasteiger partial charge in [0, 0.05) is 25.1 Å². The maximum atomic E-state index is 13.5. The van der Waals surface area contributed by atoms with E-state index in [9.17, 15) is 9.59 Å². The summed E-state index contributed by atoms with van der Waals surface area (Å²) in [6, 6.07) is 11.3. The molecule has 2 aliphatic heterocycles. The van der Waals surface area contributed by atoms with Crippen molar-refractivity contribution in [3.63, 3.8) is 0 Å². The highest BCUT2D eigenvalue weighted by atomic mass is 16.7. The molecule has 2 aromatic carbocycles. The summed E-state index contributed by atoms with van der Waals surface area (Å²) in [5, 5.41) is 0. The molecule has 7 nitrogen and oxygen atoms in total. The fraction of sp³-hybridized carbons (Fsp3) is 0.417. The van der Waals surface area contributed by atoms with Crippen molar-refractivity contribution in [1.82, 2.24) is 4.90 Å². The van der Waals surface area contributed by atoms with Gasteiger partial charge in [0.15, 0.2) is 11.5 Å². The number of ether oxygens (including phenoxy) is 4. The average molecular weight is 423 g/mol. The highest BCUT2D eigenvalue weighted by Gasteiger charge is 2.45. The Hall–Kier alpha value is -3.22. The monoisotopic (exact) mass is 423 g/mol. The fourth-order valence-electron chi connectivity index (χ4n) is 4.25. The van der Waals surface area contributed by atoms with Crippen LogP contribution in [0.4, 0.5) is 0 Å². The third-order valence-electron chi connectivity index (χ3n) is 6.00. The summed E-state index contributed by atoms with van der Waals surface area (Å²) in [7, 11) is 0. The molecule has 1 aliphatic carbocycles. The molecule has 1 fully saturated rings. The Labute approximate surface area is 180 Å². The van der Waals surface area contributed by atoms with E-state index in [4.69, 9.17) is 18.9 Å². The van der Waals surface area contributed by atoms with Crippen molar-refractivity contribution in [2.45, 2.75) is 26.3 Å². The molecular weight excluding hydrogens is 398 g/mol. The van der Waals surface area contributed by atoms with E-state index < -0.39 is 0 Å². The molecule has 0 unspecified atom stereocenters. The number of amides is 1. The van der Waals surface area contributed by atoms with Crippen LogP contribution in [0.3, 0.4) is 0 Å².